The van der Waals surface area contributed by atoms with Crippen LogP contribution in [0.4, 0.5) is 10.5 Å². The van der Waals surface area contributed by atoms with Gasteiger partial charge in [-0.05, 0) is 48.0 Å². The number of barbiturate groups is 1. The number of halogens is 1. The number of nitrogens with one attached hydrogen (secondary N) is 1. The number of ether oxygens (including phenoxy) is 1. The Balaban J connectivity index is 1.94. The molecule has 4 amide bonds. The first kappa shape index (κ1) is 19.0. The molecule has 0 saturated carbocycles. The molecule has 0 aliphatic carbocycles. The molecule has 0 spiro atoms. The van der Waals surface area contributed by atoms with E-state index in [-0.39, 0.29) is 28.6 Å². The highest BCUT2D eigenvalue weighted by molar-refractivity contribution is 6.39. The summed E-state index contributed by atoms with van der Waals surface area (Å²) in [6.07, 6.45) is 6.45. The van der Waals surface area contributed by atoms with Gasteiger partial charge in [0.2, 0.25) is 0 Å². The second-order valence-corrected chi connectivity index (χ2v) is 6.06. The van der Waals surface area contributed by atoms with Crippen molar-refractivity contribution in [1.29, 1.82) is 0 Å². The van der Waals surface area contributed by atoms with Crippen LogP contribution in [0, 0.1) is 12.3 Å². The standard InChI is InChI=1S/C20H13ClN2O5/c1-2-9-28-17-8-3-12(11-16(17)21)10-15-18(25)22-20(27)23(19(15)26)13-4-6-14(24)7-5-13/h1,3-8,10-11,24H,9H2,(H,22,25,27)/b15-10+. The van der Waals surface area contributed by atoms with Gasteiger partial charge in [-0.25, -0.2) is 9.69 Å². The molecular formula is C20H13ClN2O5. The van der Waals surface area contributed by atoms with E-state index in [4.69, 9.17) is 22.8 Å². The van der Waals surface area contributed by atoms with Crippen LogP contribution in [-0.4, -0.2) is 29.6 Å². The van der Waals surface area contributed by atoms with Crippen molar-refractivity contribution >= 4 is 41.2 Å². The van der Waals surface area contributed by atoms with E-state index < -0.39 is 17.8 Å². The highest BCUT2D eigenvalue weighted by atomic mass is 35.5. The van der Waals surface area contributed by atoms with E-state index in [0.29, 0.717) is 11.3 Å². The summed E-state index contributed by atoms with van der Waals surface area (Å²) in [6, 6.07) is 9.18. The zero-order valence-electron chi connectivity index (χ0n) is 14.3. The molecule has 0 radical (unpaired) electrons. The molecule has 140 valence electrons. The van der Waals surface area contributed by atoms with Crippen LogP contribution >= 0.6 is 11.6 Å². The van der Waals surface area contributed by atoms with Gasteiger partial charge in [0.25, 0.3) is 11.8 Å². The summed E-state index contributed by atoms with van der Waals surface area (Å²) in [7, 11) is 0. The van der Waals surface area contributed by atoms with Crippen molar-refractivity contribution in [3.63, 3.8) is 0 Å². The third-order valence-corrected chi connectivity index (χ3v) is 4.08. The number of carbonyl (C=O) groups is 3. The molecule has 1 fully saturated rings. The molecule has 1 aliphatic rings. The lowest BCUT2D eigenvalue weighted by Gasteiger charge is -2.26. The van der Waals surface area contributed by atoms with Gasteiger partial charge in [-0.2, -0.15) is 0 Å². The fourth-order valence-electron chi connectivity index (χ4n) is 2.50. The van der Waals surface area contributed by atoms with Crippen molar-refractivity contribution in [1.82, 2.24) is 5.32 Å². The minimum Gasteiger partial charge on any atom is -0.508 e. The van der Waals surface area contributed by atoms with E-state index >= 15 is 0 Å². The second-order valence-electron chi connectivity index (χ2n) is 5.66. The molecule has 0 unspecified atom stereocenters. The van der Waals surface area contributed by atoms with Gasteiger partial charge in [0.15, 0.2) is 0 Å². The van der Waals surface area contributed by atoms with Gasteiger partial charge >= 0.3 is 6.03 Å². The smallest absolute Gasteiger partial charge is 0.335 e. The Hall–Kier alpha value is -3.76. The fourth-order valence-corrected chi connectivity index (χ4v) is 2.75. The van der Waals surface area contributed by atoms with Gasteiger partial charge in [0.1, 0.15) is 23.7 Å². The molecule has 2 N–H and O–H groups in total. The largest absolute Gasteiger partial charge is 0.508 e. The Kier molecular flexibility index (Phi) is 5.34. The molecule has 0 bridgehead atoms. The number of amides is 4. The van der Waals surface area contributed by atoms with Gasteiger partial charge in [-0.15, -0.1) is 6.42 Å². The van der Waals surface area contributed by atoms with Crippen molar-refractivity contribution in [2.75, 3.05) is 11.5 Å². The van der Waals surface area contributed by atoms with Crippen LogP contribution in [0.1, 0.15) is 5.56 Å². The van der Waals surface area contributed by atoms with E-state index in [0.717, 1.165) is 4.90 Å². The number of anilines is 1. The first-order chi connectivity index (χ1) is 13.4. The maximum atomic E-state index is 12.8. The lowest BCUT2D eigenvalue weighted by Crippen LogP contribution is -2.54. The third kappa shape index (κ3) is 3.82. The summed E-state index contributed by atoms with van der Waals surface area (Å²) >= 11 is 6.12. The van der Waals surface area contributed by atoms with E-state index in [1.54, 1.807) is 12.1 Å². The third-order valence-electron chi connectivity index (χ3n) is 3.79. The summed E-state index contributed by atoms with van der Waals surface area (Å²) in [5, 5.41) is 11.7. The lowest BCUT2D eigenvalue weighted by atomic mass is 10.1. The Bertz CT molecular complexity index is 1040. The summed E-state index contributed by atoms with van der Waals surface area (Å²) in [5.41, 5.74) is 0.410. The summed E-state index contributed by atoms with van der Waals surface area (Å²) in [6.45, 7) is 0.0464. The Morgan fingerprint density at radius 1 is 1.18 bits per heavy atom. The van der Waals surface area contributed by atoms with Gasteiger partial charge < -0.3 is 9.84 Å². The average molecular weight is 397 g/mol. The van der Waals surface area contributed by atoms with E-state index in [1.165, 1.54) is 36.4 Å². The summed E-state index contributed by atoms with van der Waals surface area (Å²) in [5.74, 6) is 1.03. The van der Waals surface area contributed by atoms with Crippen molar-refractivity contribution in [3.8, 4) is 23.8 Å². The fraction of sp³-hybridized carbons (Fsp3) is 0.0500. The molecule has 0 atom stereocenters. The number of phenols is 1. The molecule has 1 heterocycles. The monoisotopic (exact) mass is 396 g/mol. The number of urea groups is 1. The predicted molar refractivity (Wildman–Crippen MR) is 103 cm³/mol. The van der Waals surface area contributed by atoms with Gasteiger partial charge in [0, 0.05) is 0 Å². The summed E-state index contributed by atoms with van der Waals surface area (Å²) < 4.78 is 5.26. The minimum atomic E-state index is -0.881. The number of hydrogen-bond acceptors (Lipinski definition) is 5. The van der Waals surface area contributed by atoms with Gasteiger partial charge in [-0.1, -0.05) is 23.6 Å². The summed E-state index contributed by atoms with van der Waals surface area (Å²) in [4.78, 5) is 37.9. The van der Waals surface area contributed by atoms with Crippen molar-refractivity contribution < 1.29 is 24.2 Å². The molecular weight excluding hydrogens is 384 g/mol. The normalized spacial score (nSPS) is 15.4. The molecule has 3 rings (SSSR count). The Labute approximate surface area is 165 Å². The zero-order valence-corrected chi connectivity index (χ0v) is 15.1. The zero-order chi connectivity index (χ0) is 20.3. The van der Waals surface area contributed by atoms with Gasteiger partial charge in [0.05, 0.1) is 10.7 Å². The molecule has 0 aromatic heterocycles. The number of imide groups is 2. The van der Waals surface area contributed by atoms with Crippen LogP contribution in [0.5, 0.6) is 11.5 Å². The maximum absolute atomic E-state index is 12.8. The number of nitrogens with zero attached hydrogens (tertiary/aromatic N) is 1. The van der Waals surface area contributed by atoms with Crippen LogP contribution in [0.2, 0.25) is 5.02 Å². The number of rotatable bonds is 4. The predicted octanol–water partition coefficient (Wildman–Crippen LogP) is 2.72. The minimum absolute atomic E-state index is 0.0257. The molecule has 7 nitrogen and oxygen atoms in total. The van der Waals surface area contributed by atoms with Crippen LogP contribution in [-0.2, 0) is 9.59 Å². The number of aromatic hydroxyl groups is 1. The van der Waals surface area contributed by atoms with Crippen molar-refractivity contribution in [2.24, 2.45) is 0 Å². The Morgan fingerprint density at radius 2 is 1.89 bits per heavy atom. The number of benzene rings is 2. The number of terminal acetylenes is 1. The quantitative estimate of drug-likeness (QED) is 0.470. The second kappa shape index (κ2) is 7.86. The Morgan fingerprint density at radius 3 is 2.54 bits per heavy atom. The number of hydrogen-bond donors (Lipinski definition) is 2. The topological polar surface area (TPSA) is 95.9 Å². The first-order valence-corrected chi connectivity index (χ1v) is 8.35. The van der Waals surface area contributed by atoms with E-state index in [1.807, 2.05) is 0 Å². The van der Waals surface area contributed by atoms with Crippen molar-refractivity contribution in [2.45, 2.75) is 0 Å². The molecule has 2 aromatic carbocycles. The highest BCUT2D eigenvalue weighted by Crippen LogP contribution is 2.28. The first-order valence-electron chi connectivity index (χ1n) is 7.97. The highest BCUT2D eigenvalue weighted by Gasteiger charge is 2.36. The van der Waals surface area contributed by atoms with Crippen molar-refractivity contribution in [3.05, 3.63) is 58.6 Å². The van der Waals surface area contributed by atoms with E-state index in [9.17, 15) is 19.5 Å². The lowest BCUT2D eigenvalue weighted by molar-refractivity contribution is -0.122. The average Bonchev–Trinajstić information content (AvgIpc) is 2.66. The molecule has 2 aromatic rings. The SMILES string of the molecule is C#CCOc1ccc(/C=C2\C(=O)NC(=O)N(c3ccc(O)cc3)C2=O)cc1Cl. The molecule has 1 saturated heterocycles. The van der Waals surface area contributed by atoms with Crippen LogP contribution in [0.25, 0.3) is 6.08 Å². The van der Waals surface area contributed by atoms with Crippen LogP contribution in [0.3, 0.4) is 0 Å². The van der Waals surface area contributed by atoms with Crippen LogP contribution in [0.15, 0.2) is 48.0 Å². The molecule has 1 aliphatic heterocycles. The number of phenolic OH excluding ortho intramolecular Hbond substituents is 1. The maximum Gasteiger partial charge on any atom is 0.335 e. The van der Waals surface area contributed by atoms with E-state index in [2.05, 4.69) is 11.2 Å². The molecule has 28 heavy (non-hydrogen) atoms. The number of carbonyl (C=O) groups excluding carboxylic acids is 3. The van der Waals surface area contributed by atoms with Crippen LogP contribution < -0.4 is 15.0 Å². The van der Waals surface area contributed by atoms with Gasteiger partial charge in [-0.3, -0.25) is 14.9 Å². The molecule has 8 heteroatoms.